The quantitative estimate of drug-likeness (QED) is 0.841. The van der Waals surface area contributed by atoms with Gasteiger partial charge >= 0.3 is 0 Å². The van der Waals surface area contributed by atoms with Crippen molar-refractivity contribution in [3.63, 3.8) is 0 Å². The number of benzene rings is 1. The molecule has 0 saturated heterocycles. The highest BCUT2D eigenvalue weighted by Crippen LogP contribution is 2.61. The Morgan fingerprint density at radius 2 is 1.95 bits per heavy atom. The molecule has 1 spiro atoms. The molecule has 1 aromatic carbocycles. The van der Waals surface area contributed by atoms with Crippen molar-refractivity contribution in [2.75, 3.05) is 7.11 Å². The fraction of sp³-hybridized carbons (Fsp3) is 0.647. The van der Waals surface area contributed by atoms with Gasteiger partial charge in [0.05, 0.1) is 6.10 Å². The molecule has 3 rings (SSSR count). The lowest BCUT2D eigenvalue weighted by Gasteiger charge is -2.58. The third-order valence-corrected chi connectivity index (χ3v) is 5.54. The average molecular weight is 276 g/mol. The molecule has 2 aliphatic rings. The van der Waals surface area contributed by atoms with Crippen LogP contribution in [0.5, 0.6) is 11.5 Å². The van der Waals surface area contributed by atoms with Crippen LogP contribution in [0.1, 0.15) is 55.9 Å². The van der Waals surface area contributed by atoms with Crippen LogP contribution in [0, 0.1) is 19.3 Å². The van der Waals surface area contributed by atoms with E-state index in [0.717, 1.165) is 35.3 Å². The number of hydrogen-bond acceptors (Lipinski definition) is 3. The molecule has 3 nitrogen and oxygen atoms in total. The van der Waals surface area contributed by atoms with E-state index >= 15 is 0 Å². The second-order valence-electron chi connectivity index (χ2n) is 6.87. The van der Waals surface area contributed by atoms with Gasteiger partial charge in [0, 0.05) is 23.7 Å². The number of rotatable bonds is 1. The van der Waals surface area contributed by atoms with Crippen molar-refractivity contribution in [1.82, 2.24) is 0 Å². The number of ether oxygens (including phenoxy) is 2. The Bertz CT molecular complexity index is 556. The van der Waals surface area contributed by atoms with E-state index < -0.39 is 0 Å². The van der Waals surface area contributed by atoms with Crippen LogP contribution in [-0.2, 0) is 4.74 Å². The Balaban J connectivity index is 2.23. The van der Waals surface area contributed by atoms with E-state index in [1.165, 1.54) is 6.42 Å². The molecule has 1 N–H and O–H groups in total. The molecule has 1 heterocycles. The number of phenols is 1. The third kappa shape index (κ3) is 1.50. The molecule has 110 valence electrons. The minimum atomic E-state index is -0.115. The highest BCUT2D eigenvalue weighted by atomic mass is 16.5. The summed E-state index contributed by atoms with van der Waals surface area (Å²) in [6, 6.07) is 1.96. The maximum absolute atomic E-state index is 10.2. The summed E-state index contributed by atoms with van der Waals surface area (Å²) in [5.41, 5.74) is 2.55. The zero-order chi connectivity index (χ0) is 14.7. The van der Waals surface area contributed by atoms with Gasteiger partial charge in [0.2, 0.25) is 0 Å². The van der Waals surface area contributed by atoms with Crippen molar-refractivity contribution in [2.24, 2.45) is 5.41 Å². The summed E-state index contributed by atoms with van der Waals surface area (Å²) in [6.45, 7) is 8.31. The van der Waals surface area contributed by atoms with Crippen LogP contribution in [0.3, 0.4) is 0 Å². The van der Waals surface area contributed by atoms with Gasteiger partial charge in [0.25, 0.3) is 0 Å². The van der Waals surface area contributed by atoms with E-state index in [4.69, 9.17) is 9.47 Å². The molecule has 1 aromatic rings. The Hall–Kier alpha value is -1.22. The molecule has 0 bridgehead atoms. The van der Waals surface area contributed by atoms with Gasteiger partial charge in [0.1, 0.15) is 17.1 Å². The zero-order valence-corrected chi connectivity index (χ0v) is 13.0. The molecule has 1 fully saturated rings. The number of hydrogen-bond donors (Lipinski definition) is 1. The van der Waals surface area contributed by atoms with Gasteiger partial charge in [-0.15, -0.1) is 0 Å². The SMILES string of the molecule is COC1c2c(cc(C)c(O)c2C)OC2(CCC2)C1(C)C. The van der Waals surface area contributed by atoms with Crippen LogP contribution in [-0.4, -0.2) is 17.8 Å². The number of aryl methyl sites for hydroxylation is 1. The largest absolute Gasteiger partial charge is 0.507 e. The molecular weight excluding hydrogens is 252 g/mol. The second kappa shape index (κ2) is 4.14. The predicted octanol–water partition coefficient (Wildman–Crippen LogP) is 4.04. The molecule has 0 aromatic heterocycles. The van der Waals surface area contributed by atoms with E-state index in [2.05, 4.69) is 13.8 Å². The molecule has 0 amide bonds. The highest BCUT2D eigenvalue weighted by Gasteiger charge is 2.59. The first kappa shape index (κ1) is 13.7. The molecule has 1 saturated carbocycles. The fourth-order valence-electron chi connectivity index (χ4n) is 3.96. The van der Waals surface area contributed by atoms with Crippen molar-refractivity contribution < 1.29 is 14.6 Å². The van der Waals surface area contributed by atoms with Gasteiger partial charge in [-0.3, -0.25) is 0 Å². The first-order valence-electron chi connectivity index (χ1n) is 7.39. The highest BCUT2D eigenvalue weighted by molar-refractivity contribution is 5.55. The minimum absolute atomic E-state index is 0.0435. The first-order chi connectivity index (χ1) is 9.34. The lowest BCUT2D eigenvalue weighted by atomic mass is 9.58. The van der Waals surface area contributed by atoms with E-state index in [9.17, 15) is 5.11 Å². The van der Waals surface area contributed by atoms with Gasteiger partial charge < -0.3 is 14.6 Å². The molecule has 3 heteroatoms. The summed E-state index contributed by atoms with van der Waals surface area (Å²) in [4.78, 5) is 0. The normalized spacial score (nSPS) is 25.8. The summed E-state index contributed by atoms with van der Waals surface area (Å²) in [7, 11) is 1.75. The average Bonchev–Trinajstić information content (AvgIpc) is 2.34. The monoisotopic (exact) mass is 276 g/mol. The standard InChI is InChI=1S/C17H24O3/c1-10-9-12-13(11(2)14(10)18)15(19-5)16(3,4)17(20-12)7-6-8-17/h9,15,18H,6-8H2,1-5H3. The Labute approximate surface area is 120 Å². The number of fused-ring (bicyclic) bond motifs is 1. The molecule has 20 heavy (non-hydrogen) atoms. The maximum Gasteiger partial charge on any atom is 0.126 e. The maximum atomic E-state index is 10.2. The lowest BCUT2D eigenvalue weighted by molar-refractivity contribution is -0.178. The van der Waals surface area contributed by atoms with Crippen molar-refractivity contribution >= 4 is 0 Å². The summed E-state index contributed by atoms with van der Waals surface area (Å²) < 4.78 is 12.3. The lowest BCUT2D eigenvalue weighted by Crippen LogP contribution is -2.59. The first-order valence-corrected chi connectivity index (χ1v) is 7.39. The van der Waals surface area contributed by atoms with Crippen molar-refractivity contribution in [2.45, 2.75) is 58.7 Å². The van der Waals surface area contributed by atoms with E-state index in [0.29, 0.717) is 5.75 Å². The Morgan fingerprint density at radius 1 is 1.30 bits per heavy atom. The summed E-state index contributed by atoms with van der Waals surface area (Å²) in [5.74, 6) is 1.25. The molecule has 1 aliphatic carbocycles. The number of methoxy groups -OCH3 is 1. The van der Waals surface area contributed by atoms with Crippen LogP contribution < -0.4 is 4.74 Å². The molecule has 0 radical (unpaired) electrons. The van der Waals surface area contributed by atoms with Gasteiger partial charge in [0.15, 0.2) is 0 Å². The minimum Gasteiger partial charge on any atom is -0.507 e. The molecule has 1 aliphatic heterocycles. The van der Waals surface area contributed by atoms with Crippen molar-refractivity contribution in [3.05, 3.63) is 22.8 Å². The summed E-state index contributed by atoms with van der Waals surface area (Å²) >= 11 is 0. The van der Waals surface area contributed by atoms with Crippen molar-refractivity contribution in [3.8, 4) is 11.5 Å². The Kier molecular flexibility index (Phi) is 2.85. The molecular formula is C17H24O3. The molecule has 1 unspecified atom stereocenters. The topological polar surface area (TPSA) is 38.7 Å². The number of phenolic OH excluding ortho intramolecular Hbond substituents is 1. The van der Waals surface area contributed by atoms with Gasteiger partial charge in [-0.2, -0.15) is 0 Å². The Morgan fingerprint density at radius 3 is 2.45 bits per heavy atom. The predicted molar refractivity (Wildman–Crippen MR) is 78.3 cm³/mol. The van der Waals surface area contributed by atoms with Gasteiger partial charge in [-0.1, -0.05) is 13.8 Å². The van der Waals surface area contributed by atoms with Crippen LogP contribution in [0.15, 0.2) is 6.07 Å². The summed E-state index contributed by atoms with van der Waals surface area (Å²) in [6.07, 6.45) is 3.33. The zero-order valence-electron chi connectivity index (χ0n) is 13.0. The van der Waals surface area contributed by atoms with E-state index in [1.54, 1.807) is 7.11 Å². The fourth-order valence-corrected chi connectivity index (χ4v) is 3.96. The third-order valence-electron chi connectivity index (χ3n) is 5.54. The second-order valence-corrected chi connectivity index (χ2v) is 6.87. The van der Waals surface area contributed by atoms with E-state index in [-0.39, 0.29) is 17.1 Å². The van der Waals surface area contributed by atoms with Crippen molar-refractivity contribution in [1.29, 1.82) is 0 Å². The number of aromatic hydroxyl groups is 1. The summed E-state index contributed by atoms with van der Waals surface area (Å²) in [5, 5.41) is 10.2. The van der Waals surface area contributed by atoms with Crippen LogP contribution in [0.2, 0.25) is 0 Å². The van der Waals surface area contributed by atoms with Gasteiger partial charge in [-0.05, 0) is 44.7 Å². The van der Waals surface area contributed by atoms with E-state index in [1.807, 2.05) is 19.9 Å². The van der Waals surface area contributed by atoms with Crippen LogP contribution in [0.4, 0.5) is 0 Å². The van der Waals surface area contributed by atoms with Crippen LogP contribution >= 0.6 is 0 Å². The molecule has 1 atom stereocenters. The van der Waals surface area contributed by atoms with Crippen LogP contribution in [0.25, 0.3) is 0 Å². The van der Waals surface area contributed by atoms with Gasteiger partial charge in [-0.25, -0.2) is 0 Å². The smallest absolute Gasteiger partial charge is 0.126 e.